The number of aryl methyl sites for hydroxylation is 1. The molecule has 1 aromatic carbocycles. The number of benzene rings is 1. The molecule has 2 rings (SSSR count). The number of aliphatic hydroxyl groups excluding tert-OH is 1. The Morgan fingerprint density at radius 1 is 1.12 bits per heavy atom. The first kappa shape index (κ1) is 10.8. The van der Waals surface area contributed by atoms with Crippen LogP contribution < -0.4 is 4.57 Å². The maximum atomic E-state index is 10.0. The summed E-state index contributed by atoms with van der Waals surface area (Å²) in [6.45, 7) is 2.64. The molecule has 1 heterocycles. The second kappa shape index (κ2) is 4.90. The maximum Gasteiger partial charge on any atom is 0.178 e. The Bertz CT molecular complexity index is 453. The molecule has 82 valence electrons. The third-order valence-corrected chi connectivity index (χ3v) is 2.57. The Hall–Kier alpha value is -1.67. The first-order chi connectivity index (χ1) is 7.75. The molecule has 0 bridgehead atoms. The van der Waals surface area contributed by atoms with E-state index in [4.69, 9.17) is 0 Å². The van der Waals surface area contributed by atoms with E-state index in [1.54, 1.807) is 0 Å². The summed E-state index contributed by atoms with van der Waals surface area (Å²) in [6, 6.07) is 13.8. The molecule has 0 aliphatic heterocycles. The van der Waals surface area contributed by atoms with Gasteiger partial charge in [0.05, 0.1) is 0 Å². The van der Waals surface area contributed by atoms with Gasteiger partial charge in [0.2, 0.25) is 0 Å². The Balaban J connectivity index is 2.11. The minimum atomic E-state index is -0.451. The van der Waals surface area contributed by atoms with Gasteiger partial charge in [0, 0.05) is 11.6 Å². The summed E-state index contributed by atoms with van der Waals surface area (Å²) in [6.07, 6.45) is 3.55. The van der Waals surface area contributed by atoms with Crippen molar-refractivity contribution in [3.63, 3.8) is 0 Å². The zero-order valence-electron chi connectivity index (χ0n) is 9.38. The summed E-state index contributed by atoms with van der Waals surface area (Å²) in [5.74, 6) is 0. The first-order valence-corrected chi connectivity index (χ1v) is 5.44. The third-order valence-electron chi connectivity index (χ3n) is 2.57. The van der Waals surface area contributed by atoms with Crippen LogP contribution in [0.15, 0.2) is 54.9 Å². The van der Waals surface area contributed by atoms with Crippen molar-refractivity contribution in [1.82, 2.24) is 0 Å². The van der Waals surface area contributed by atoms with Crippen molar-refractivity contribution in [1.29, 1.82) is 0 Å². The fraction of sp³-hybridized carbons (Fsp3) is 0.214. The Morgan fingerprint density at radius 3 is 2.56 bits per heavy atom. The summed E-state index contributed by atoms with van der Waals surface area (Å²) in [5.41, 5.74) is 2.15. The van der Waals surface area contributed by atoms with E-state index in [-0.39, 0.29) is 0 Å². The average Bonchev–Trinajstić information content (AvgIpc) is 2.30. The van der Waals surface area contributed by atoms with Gasteiger partial charge in [-0.25, -0.2) is 4.57 Å². The van der Waals surface area contributed by atoms with Crippen molar-refractivity contribution in [2.75, 3.05) is 0 Å². The van der Waals surface area contributed by atoms with Crippen LogP contribution in [-0.4, -0.2) is 5.11 Å². The standard InChI is InChI=1S/C14H16NO/c1-12-6-5-9-15(10-12)11-14(16)13-7-3-2-4-8-13/h2-10,14,16H,11H2,1H3/q+1/t14-/m1/s1. The van der Waals surface area contributed by atoms with Gasteiger partial charge in [-0.2, -0.15) is 0 Å². The van der Waals surface area contributed by atoms with Crippen LogP contribution in [0.3, 0.4) is 0 Å². The number of nitrogens with zero attached hydrogens (tertiary/aromatic N) is 1. The highest BCUT2D eigenvalue weighted by molar-refractivity contribution is 5.16. The van der Waals surface area contributed by atoms with E-state index in [1.807, 2.05) is 66.3 Å². The summed E-state index contributed by atoms with van der Waals surface area (Å²) >= 11 is 0. The van der Waals surface area contributed by atoms with Crippen molar-refractivity contribution in [3.8, 4) is 0 Å². The summed E-state index contributed by atoms with van der Waals surface area (Å²) in [7, 11) is 0. The third kappa shape index (κ3) is 2.67. The van der Waals surface area contributed by atoms with Crippen LogP contribution >= 0.6 is 0 Å². The highest BCUT2D eigenvalue weighted by Gasteiger charge is 2.12. The SMILES string of the molecule is Cc1ccc[n+](C[C@@H](O)c2ccccc2)c1. The van der Waals surface area contributed by atoms with Gasteiger partial charge in [0.1, 0.15) is 6.10 Å². The van der Waals surface area contributed by atoms with Crippen molar-refractivity contribution in [3.05, 3.63) is 66.0 Å². The Labute approximate surface area is 95.8 Å². The van der Waals surface area contributed by atoms with Gasteiger partial charge >= 0.3 is 0 Å². The highest BCUT2D eigenvalue weighted by Crippen LogP contribution is 2.11. The molecule has 0 aliphatic rings. The van der Waals surface area contributed by atoms with Gasteiger partial charge in [-0.15, -0.1) is 0 Å². The second-order valence-corrected chi connectivity index (χ2v) is 4.00. The summed E-state index contributed by atoms with van der Waals surface area (Å²) in [5, 5.41) is 10.0. The zero-order valence-corrected chi connectivity index (χ0v) is 9.38. The molecule has 2 nitrogen and oxygen atoms in total. The molecule has 2 aromatic rings. The normalized spacial score (nSPS) is 12.4. The van der Waals surface area contributed by atoms with Crippen LogP contribution in [0.2, 0.25) is 0 Å². The van der Waals surface area contributed by atoms with Gasteiger partial charge in [-0.3, -0.25) is 0 Å². The maximum absolute atomic E-state index is 10.0. The second-order valence-electron chi connectivity index (χ2n) is 4.00. The van der Waals surface area contributed by atoms with E-state index in [0.29, 0.717) is 6.54 Å². The predicted molar refractivity (Wildman–Crippen MR) is 62.8 cm³/mol. The fourth-order valence-electron chi connectivity index (χ4n) is 1.75. The molecule has 16 heavy (non-hydrogen) atoms. The van der Waals surface area contributed by atoms with Crippen LogP contribution in [-0.2, 0) is 6.54 Å². The van der Waals surface area contributed by atoms with Gasteiger partial charge in [-0.05, 0) is 18.6 Å². The van der Waals surface area contributed by atoms with Crippen molar-refractivity contribution >= 4 is 0 Å². The van der Waals surface area contributed by atoms with Crippen LogP contribution in [0.1, 0.15) is 17.2 Å². The summed E-state index contributed by atoms with van der Waals surface area (Å²) in [4.78, 5) is 0. The molecule has 0 radical (unpaired) electrons. The minimum absolute atomic E-state index is 0.451. The fourth-order valence-corrected chi connectivity index (χ4v) is 1.75. The predicted octanol–water partition coefficient (Wildman–Crippen LogP) is 2.02. The summed E-state index contributed by atoms with van der Waals surface area (Å²) < 4.78 is 2.01. The van der Waals surface area contributed by atoms with Crippen LogP contribution in [0.4, 0.5) is 0 Å². The monoisotopic (exact) mass is 214 g/mol. The molecule has 1 aromatic heterocycles. The first-order valence-electron chi connectivity index (χ1n) is 5.44. The largest absolute Gasteiger partial charge is 0.382 e. The van der Waals surface area contributed by atoms with E-state index in [2.05, 4.69) is 0 Å². The lowest BCUT2D eigenvalue weighted by Gasteiger charge is -2.07. The molecule has 0 saturated heterocycles. The molecule has 0 spiro atoms. The smallest absolute Gasteiger partial charge is 0.178 e. The van der Waals surface area contributed by atoms with Crippen LogP contribution in [0, 0.1) is 6.92 Å². The van der Waals surface area contributed by atoms with Gasteiger partial charge in [0.25, 0.3) is 0 Å². The molecular formula is C14H16NO+. The number of rotatable bonds is 3. The molecule has 0 saturated carbocycles. The molecule has 0 unspecified atom stereocenters. The molecule has 0 amide bonds. The van der Waals surface area contributed by atoms with E-state index in [0.717, 1.165) is 5.56 Å². The lowest BCUT2D eigenvalue weighted by molar-refractivity contribution is -0.705. The van der Waals surface area contributed by atoms with E-state index in [9.17, 15) is 5.11 Å². The topological polar surface area (TPSA) is 24.1 Å². The Kier molecular flexibility index (Phi) is 3.32. The van der Waals surface area contributed by atoms with Gasteiger partial charge in [0.15, 0.2) is 18.9 Å². The van der Waals surface area contributed by atoms with Gasteiger partial charge < -0.3 is 5.11 Å². The van der Waals surface area contributed by atoms with E-state index >= 15 is 0 Å². The average molecular weight is 214 g/mol. The van der Waals surface area contributed by atoms with Crippen molar-refractivity contribution < 1.29 is 9.67 Å². The molecule has 1 N–H and O–H groups in total. The van der Waals surface area contributed by atoms with Crippen molar-refractivity contribution in [2.45, 2.75) is 19.6 Å². The quantitative estimate of drug-likeness (QED) is 0.776. The number of hydrogen-bond acceptors (Lipinski definition) is 1. The minimum Gasteiger partial charge on any atom is -0.382 e. The zero-order chi connectivity index (χ0) is 11.4. The highest BCUT2D eigenvalue weighted by atomic mass is 16.3. The van der Waals surface area contributed by atoms with Gasteiger partial charge in [-0.1, -0.05) is 30.3 Å². The molecule has 0 fully saturated rings. The van der Waals surface area contributed by atoms with Crippen molar-refractivity contribution in [2.24, 2.45) is 0 Å². The number of aromatic nitrogens is 1. The number of pyridine rings is 1. The van der Waals surface area contributed by atoms with Crippen LogP contribution in [0.5, 0.6) is 0 Å². The lowest BCUT2D eigenvalue weighted by Crippen LogP contribution is -2.36. The molecule has 2 heteroatoms. The molecule has 1 atom stereocenters. The van der Waals surface area contributed by atoms with E-state index < -0.39 is 6.10 Å². The van der Waals surface area contributed by atoms with Crippen LogP contribution in [0.25, 0.3) is 0 Å². The molecular weight excluding hydrogens is 198 g/mol. The van der Waals surface area contributed by atoms with E-state index in [1.165, 1.54) is 5.56 Å². The molecule has 0 aliphatic carbocycles. The lowest BCUT2D eigenvalue weighted by atomic mass is 10.1. The Morgan fingerprint density at radius 2 is 1.88 bits per heavy atom. The number of aliphatic hydroxyl groups is 1. The number of hydrogen-bond donors (Lipinski definition) is 1.